The first-order chi connectivity index (χ1) is 7.78. The summed E-state index contributed by atoms with van der Waals surface area (Å²) < 4.78 is 26.4. The third kappa shape index (κ3) is 5.06. The maximum absolute atomic E-state index is 11.5. The zero-order chi connectivity index (χ0) is 13.1. The fourth-order valence-corrected chi connectivity index (χ4v) is 1.73. The van der Waals surface area contributed by atoms with Crippen molar-refractivity contribution < 1.29 is 17.9 Å². The van der Waals surface area contributed by atoms with Gasteiger partial charge >= 0.3 is 5.97 Å². The number of sulfone groups is 1. The molecule has 0 atom stereocenters. The predicted molar refractivity (Wildman–Crippen MR) is 65.9 cm³/mol. The molecule has 0 unspecified atom stereocenters. The number of rotatable bonds is 4. The van der Waals surface area contributed by atoms with Crippen LogP contribution in [0.15, 0.2) is 18.2 Å². The highest BCUT2D eigenvalue weighted by Gasteiger charge is 2.10. The molecule has 17 heavy (non-hydrogen) atoms. The Morgan fingerprint density at radius 3 is 2.59 bits per heavy atom. The van der Waals surface area contributed by atoms with E-state index in [1.807, 2.05) is 0 Å². The molecule has 0 spiro atoms. The first-order valence-corrected chi connectivity index (χ1v) is 7.13. The summed E-state index contributed by atoms with van der Waals surface area (Å²) >= 11 is 5.72. The third-order valence-electron chi connectivity index (χ3n) is 1.84. The smallest absolute Gasteiger partial charge is 0.338 e. The van der Waals surface area contributed by atoms with Gasteiger partial charge in [0, 0.05) is 17.0 Å². The molecule has 0 heterocycles. The summed E-state index contributed by atoms with van der Waals surface area (Å²) in [6, 6.07) is 4.31. The van der Waals surface area contributed by atoms with E-state index in [1.54, 1.807) is 0 Å². The quantitative estimate of drug-likeness (QED) is 0.658. The second-order valence-corrected chi connectivity index (χ2v) is 6.24. The van der Waals surface area contributed by atoms with Crippen molar-refractivity contribution in [3.63, 3.8) is 0 Å². The molecular weight excluding hydrogens is 266 g/mol. The molecule has 0 saturated carbocycles. The van der Waals surface area contributed by atoms with Crippen LogP contribution in [0, 0.1) is 0 Å². The van der Waals surface area contributed by atoms with Gasteiger partial charge in [0.2, 0.25) is 0 Å². The number of esters is 1. The Morgan fingerprint density at radius 1 is 1.41 bits per heavy atom. The number of hydrogen-bond acceptors (Lipinski definition) is 5. The van der Waals surface area contributed by atoms with Crippen molar-refractivity contribution in [2.45, 2.75) is 0 Å². The number of benzene rings is 1. The maximum atomic E-state index is 11.5. The number of anilines is 1. The summed E-state index contributed by atoms with van der Waals surface area (Å²) in [5, 5.41) is 0.320. The van der Waals surface area contributed by atoms with Crippen molar-refractivity contribution in [1.29, 1.82) is 0 Å². The van der Waals surface area contributed by atoms with Gasteiger partial charge in [-0.25, -0.2) is 13.2 Å². The predicted octanol–water partition coefficient (Wildman–Crippen LogP) is 1.12. The molecule has 0 aromatic heterocycles. The Kier molecular flexibility index (Phi) is 4.36. The number of nitrogen functional groups attached to an aromatic ring is 1. The van der Waals surface area contributed by atoms with Crippen LogP contribution >= 0.6 is 11.6 Å². The average Bonchev–Trinajstić information content (AvgIpc) is 2.13. The van der Waals surface area contributed by atoms with Crippen molar-refractivity contribution in [3.8, 4) is 0 Å². The van der Waals surface area contributed by atoms with Crippen molar-refractivity contribution in [1.82, 2.24) is 0 Å². The number of hydrogen-bond donors (Lipinski definition) is 1. The van der Waals surface area contributed by atoms with E-state index in [9.17, 15) is 13.2 Å². The lowest BCUT2D eigenvalue weighted by Crippen LogP contribution is -2.14. The van der Waals surface area contributed by atoms with Gasteiger partial charge in [-0.15, -0.1) is 0 Å². The Bertz CT molecular complexity index is 507. The number of carbonyl (C=O) groups is 1. The van der Waals surface area contributed by atoms with Crippen LogP contribution < -0.4 is 5.73 Å². The molecule has 5 nitrogen and oxygen atoms in total. The Hall–Kier alpha value is -1.27. The molecule has 1 rings (SSSR count). The molecule has 1 aromatic rings. The maximum Gasteiger partial charge on any atom is 0.338 e. The zero-order valence-corrected chi connectivity index (χ0v) is 10.7. The molecular formula is C10H12ClNO4S. The molecule has 2 N–H and O–H groups in total. The number of nitrogens with two attached hydrogens (primary N) is 1. The second-order valence-electron chi connectivity index (χ2n) is 3.54. The lowest BCUT2D eigenvalue weighted by molar-refractivity contribution is 0.0529. The first kappa shape index (κ1) is 13.8. The average molecular weight is 278 g/mol. The molecule has 0 aliphatic heterocycles. The SMILES string of the molecule is CS(=O)(=O)CCOC(=O)c1cc(N)cc(Cl)c1. The summed E-state index contributed by atoms with van der Waals surface area (Å²) in [7, 11) is -3.15. The zero-order valence-electron chi connectivity index (χ0n) is 9.14. The van der Waals surface area contributed by atoms with Crippen LogP contribution in [0.3, 0.4) is 0 Å². The molecule has 0 saturated heterocycles. The largest absolute Gasteiger partial charge is 0.461 e. The van der Waals surface area contributed by atoms with Crippen LogP contribution in [0.5, 0.6) is 0 Å². The molecule has 0 amide bonds. The number of carbonyl (C=O) groups excluding carboxylic acids is 1. The van der Waals surface area contributed by atoms with Crippen LogP contribution in [0.1, 0.15) is 10.4 Å². The Labute approximate surface area is 104 Å². The van der Waals surface area contributed by atoms with Gasteiger partial charge in [-0.3, -0.25) is 0 Å². The van der Waals surface area contributed by atoms with Gasteiger partial charge in [0.1, 0.15) is 6.61 Å². The van der Waals surface area contributed by atoms with E-state index >= 15 is 0 Å². The van der Waals surface area contributed by atoms with Gasteiger partial charge in [0.25, 0.3) is 0 Å². The van der Waals surface area contributed by atoms with E-state index in [-0.39, 0.29) is 17.9 Å². The highest BCUT2D eigenvalue weighted by atomic mass is 35.5. The summed E-state index contributed by atoms with van der Waals surface area (Å²) in [5.74, 6) is -0.864. The lowest BCUT2D eigenvalue weighted by Gasteiger charge is -2.05. The monoisotopic (exact) mass is 277 g/mol. The van der Waals surface area contributed by atoms with E-state index in [1.165, 1.54) is 18.2 Å². The van der Waals surface area contributed by atoms with E-state index < -0.39 is 15.8 Å². The molecule has 0 bridgehead atoms. The van der Waals surface area contributed by atoms with Gasteiger partial charge in [-0.2, -0.15) is 0 Å². The van der Waals surface area contributed by atoms with Crippen LogP contribution in [-0.2, 0) is 14.6 Å². The van der Waals surface area contributed by atoms with E-state index in [4.69, 9.17) is 22.1 Å². The summed E-state index contributed by atoms with van der Waals surface area (Å²) in [6.07, 6.45) is 1.07. The normalized spacial score (nSPS) is 11.2. The van der Waals surface area contributed by atoms with Gasteiger partial charge in [0.15, 0.2) is 9.84 Å². The number of halogens is 1. The fourth-order valence-electron chi connectivity index (χ4n) is 1.10. The Balaban J connectivity index is 2.64. The van der Waals surface area contributed by atoms with E-state index in [0.29, 0.717) is 10.7 Å². The van der Waals surface area contributed by atoms with E-state index in [2.05, 4.69) is 0 Å². The highest BCUT2D eigenvalue weighted by Crippen LogP contribution is 2.17. The standard InChI is InChI=1S/C10H12ClNO4S/c1-17(14,15)3-2-16-10(13)7-4-8(11)6-9(12)5-7/h4-6H,2-3,12H2,1H3. The lowest BCUT2D eigenvalue weighted by atomic mass is 10.2. The Morgan fingerprint density at radius 2 is 2.06 bits per heavy atom. The topological polar surface area (TPSA) is 86.5 Å². The summed E-state index contributed by atoms with van der Waals surface area (Å²) in [4.78, 5) is 11.5. The summed E-state index contributed by atoms with van der Waals surface area (Å²) in [5.41, 5.74) is 6.05. The summed E-state index contributed by atoms with van der Waals surface area (Å²) in [6.45, 7) is -0.190. The van der Waals surface area contributed by atoms with Crippen LogP contribution in [0.4, 0.5) is 5.69 Å². The first-order valence-electron chi connectivity index (χ1n) is 4.69. The molecule has 1 aromatic carbocycles. The van der Waals surface area contributed by atoms with Crippen LogP contribution in [0.25, 0.3) is 0 Å². The molecule has 0 radical (unpaired) electrons. The molecule has 94 valence electrons. The van der Waals surface area contributed by atoms with Gasteiger partial charge < -0.3 is 10.5 Å². The van der Waals surface area contributed by atoms with Gasteiger partial charge in [-0.1, -0.05) is 11.6 Å². The molecule has 7 heteroatoms. The van der Waals surface area contributed by atoms with Crippen molar-refractivity contribution >= 4 is 33.1 Å². The van der Waals surface area contributed by atoms with Crippen LogP contribution in [-0.4, -0.2) is 33.0 Å². The molecule has 0 aliphatic carbocycles. The van der Waals surface area contributed by atoms with Crippen molar-refractivity contribution in [2.75, 3.05) is 24.3 Å². The van der Waals surface area contributed by atoms with Crippen LogP contribution in [0.2, 0.25) is 5.02 Å². The minimum Gasteiger partial charge on any atom is -0.461 e. The van der Waals surface area contributed by atoms with Crippen molar-refractivity contribution in [3.05, 3.63) is 28.8 Å². The second kappa shape index (κ2) is 5.37. The third-order valence-corrected chi connectivity index (χ3v) is 2.97. The van der Waals surface area contributed by atoms with Crippen molar-refractivity contribution in [2.24, 2.45) is 0 Å². The minimum atomic E-state index is -3.15. The van der Waals surface area contributed by atoms with Gasteiger partial charge in [0.05, 0.1) is 11.3 Å². The highest BCUT2D eigenvalue weighted by molar-refractivity contribution is 7.90. The molecule has 0 fully saturated rings. The minimum absolute atomic E-state index is 0.190. The molecule has 0 aliphatic rings. The number of ether oxygens (including phenoxy) is 1. The fraction of sp³-hybridized carbons (Fsp3) is 0.300. The van der Waals surface area contributed by atoms with E-state index in [0.717, 1.165) is 6.26 Å². The van der Waals surface area contributed by atoms with Gasteiger partial charge in [-0.05, 0) is 18.2 Å².